The molecule has 0 amide bonds. The second-order valence-corrected chi connectivity index (χ2v) is 4.36. The summed E-state index contributed by atoms with van der Waals surface area (Å²) in [5, 5.41) is 0. The molecule has 18 heavy (non-hydrogen) atoms. The lowest BCUT2D eigenvalue weighted by molar-refractivity contribution is 0.120. The number of hydroxylamine groups is 1. The topological polar surface area (TPSA) is 30.5 Å². The van der Waals surface area contributed by atoms with Crippen molar-refractivity contribution in [3.63, 3.8) is 0 Å². The van der Waals surface area contributed by atoms with Crippen molar-refractivity contribution in [2.45, 2.75) is 19.8 Å². The van der Waals surface area contributed by atoms with E-state index in [2.05, 4.69) is 30.6 Å². The maximum Gasteiger partial charge on any atom is 0.122 e. The maximum atomic E-state index is 5.84. The van der Waals surface area contributed by atoms with Crippen LogP contribution in [-0.2, 0) is 4.84 Å². The van der Waals surface area contributed by atoms with Gasteiger partial charge in [0.2, 0.25) is 0 Å². The molecule has 1 aliphatic rings. The summed E-state index contributed by atoms with van der Waals surface area (Å²) in [7, 11) is 1.62. The van der Waals surface area contributed by atoms with E-state index in [9.17, 15) is 0 Å². The normalized spacial score (nSPS) is 14.8. The van der Waals surface area contributed by atoms with Crippen LogP contribution in [-0.4, -0.2) is 13.7 Å². The molecule has 0 spiro atoms. The zero-order chi connectivity index (χ0) is 12.8. The zero-order valence-corrected chi connectivity index (χ0v) is 10.9. The van der Waals surface area contributed by atoms with Gasteiger partial charge in [0, 0.05) is 0 Å². The molecule has 0 heterocycles. The predicted octanol–water partition coefficient (Wildman–Crippen LogP) is 3.13. The Morgan fingerprint density at radius 3 is 2.89 bits per heavy atom. The first-order chi connectivity index (χ1) is 8.79. The second kappa shape index (κ2) is 6.26. The molecule has 96 valence electrons. The fourth-order valence-electron chi connectivity index (χ4n) is 1.96. The molecule has 0 saturated carbocycles. The van der Waals surface area contributed by atoms with Crippen molar-refractivity contribution in [1.29, 1.82) is 0 Å². The van der Waals surface area contributed by atoms with Crippen LogP contribution >= 0.6 is 0 Å². The molecular formula is C15H19NO2. The van der Waals surface area contributed by atoms with Gasteiger partial charge in [0.1, 0.15) is 12.4 Å². The first-order valence-electron chi connectivity index (χ1n) is 6.16. The maximum absolute atomic E-state index is 5.84. The van der Waals surface area contributed by atoms with E-state index in [4.69, 9.17) is 9.57 Å². The Hall–Kier alpha value is -1.74. The molecule has 0 saturated heterocycles. The third-order valence-electron chi connectivity index (χ3n) is 2.92. The molecule has 0 aliphatic heterocycles. The van der Waals surface area contributed by atoms with Crippen LogP contribution in [0.2, 0.25) is 0 Å². The van der Waals surface area contributed by atoms with Crippen molar-refractivity contribution in [3.8, 4) is 5.75 Å². The van der Waals surface area contributed by atoms with Gasteiger partial charge in [-0.05, 0) is 43.0 Å². The van der Waals surface area contributed by atoms with E-state index >= 15 is 0 Å². The smallest absolute Gasteiger partial charge is 0.122 e. The number of nitrogens with one attached hydrogen (secondary N) is 1. The Bertz CT molecular complexity index is 463. The first kappa shape index (κ1) is 12.7. The fourth-order valence-corrected chi connectivity index (χ4v) is 1.96. The molecule has 0 radical (unpaired) electrons. The molecule has 2 rings (SSSR count). The minimum absolute atomic E-state index is 0.633. The van der Waals surface area contributed by atoms with Crippen LogP contribution in [0.1, 0.15) is 18.4 Å². The van der Waals surface area contributed by atoms with Crippen LogP contribution in [0.3, 0.4) is 0 Å². The zero-order valence-electron chi connectivity index (χ0n) is 10.9. The molecule has 0 bridgehead atoms. The van der Waals surface area contributed by atoms with Gasteiger partial charge >= 0.3 is 0 Å². The summed E-state index contributed by atoms with van der Waals surface area (Å²) < 4.78 is 5.84. The Balaban J connectivity index is 1.94. The highest BCUT2D eigenvalue weighted by Crippen LogP contribution is 2.20. The number of hydrogen-bond acceptors (Lipinski definition) is 3. The number of para-hydroxylation sites is 1. The number of aryl methyl sites for hydroxylation is 1. The van der Waals surface area contributed by atoms with Crippen LogP contribution in [0.25, 0.3) is 0 Å². The lowest BCUT2D eigenvalue weighted by atomic mass is 10.0. The molecular weight excluding hydrogens is 226 g/mol. The lowest BCUT2D eigenvalue weighted by Crippen LogP contribution is -2.13. The Kier molecular flexibility index (Phi) is 4.42. The quantitative estimate of drug-likeness (QED) is 0.808. The van der Waals surface area contributed by atoms with Gasteiger partial charge in [-0.1, -0.05) is 24.3 Å². The highest BCUT2D eigenvalue weighted by molar-refractivity contribution is 5.33. The van der Waals surface area contributed by atoms with Crippen molar-refractivity contribution < 1.29 is 9.57 Å². The van der Waals surface area contributed by atoms with Gasteiger partial charge in [-0.15, -0.1) is 0 Å². The standard InChI is InChI=1S/C15H19NO2/c1-12-6-3-4-9-15(12)18-11-13-7-5-8-14(10-13)16-17-2/h3-4,6,8-10,16H,5,7,11H2,1-2H3. The SMILES string of the molecule is CONC1=CCCC(COc2ccccc2C)=C1. The van der Waals surface area contributed by atoms with Gasteiger partial charge in [0.25, 0.3) is 0 Å². The average Bonchev–Trinajstić information content (AvgIpc) is 2.39. The van der Waals surface area contributed by atoms with Gasteiger partial charge in [-0.2, -0.15) is 0 Å². The summed E-state index contributed by atoms with van der Waals surface area (Å²) >= 11 is 0. The molecule has 0 fully saturated rings. The number of allylic oxidation sites excluding steroid dienone is 2. The Labute approximate surface area is 108 Å². The Morgan fingerprint density at radius 1 is 1.28 bits per heavy atom. The number of benzene rings is 1. The van der Waals surface area contributed by atoms with Crippen LogP contribution < -0.4 is 10.2 Å². The predicted molar refractivity (Wildman–Crippen MR) is 72.2 cm³/mol. The van der Waals surface area contributed by atoms with Crippen LogP contribution in [0.15, 0.2) is 47.7 Å². The van der Waals surface area contributed by atoms with Crippen LogP contribution in [0.4, 0.5) is 0 Å². The highest BCUT2D eigenvalue weighted by Gasteiger charge is 2.07. The van der Waals surface area contributed by atoms with Crippen LogP contribution in [0.5, 0.6) is 5.75 Å². The molecule has 3 heteroatoms. The minimum atomic E-state index is 0.633. The van der Waals surface area contributed by atoms with Crippen LogP contribution in [0, 0.1) is 6.92 Å². The molecule has 0 aromatic heterocycles. The van der Waals surface area contributed by atoms with Crippen molar-refractivity contribution in [1.82, 2.24) is 5.48 Å². The second-order valence-electron chi connectivity index (χ2n) is 4.36. The summed E-state index contributed by atoms with van der Waals surface area (Å²) in [6, 6.07) is 8.08. The summed E-state index contributed by atoms with van der Waals surface area (Å²) in [4.78, 5) is 4.91. The van der Waals surface area contributed by atoms with Crippen molar-refractivity contribution in [3.05, 3.63) is 53.3 Å². The molecule has 1 aromatic rings. The van der Waals surface area contributed by atoms with Crippen molar-refractivity contribution >= 4 is 0 Å². The number of ether oxygens (including phenoxy) is 1. The first-order valence-corrected chi connectivity index (χ1v) is 6.16. The summed E-state index contributed by atoms with van der Waals surface area (Å²) in [6.45, 7) is 2.69. The largest absolute Gasteiger partial charge is 0.489 e. The summed E-state index contributed by atoms with van der Waals surface area (Å²) in [6.07, 6.45) is 6.28. The van der Waals surface area contributed by atoms with E-state index in [-0.39, 0.29) is 0 Å². The monoisotopic (exact) mass is 245 g/mol. The van der Waals surface area contributed by atoms with Gasteiger partial charge in [0.15, 0.2) is 0 Å². The van der Waals surface area contributed by atoms with Gasteiger partial charge in [0.05, 0.1) is 12.8 Å². The third kappa shape index (κ3) is 3.37. The Morgan fingerprint density at radius 2 is 2.11 bits per heavy atom. The van der Waals surface area contributed by atoms with Gasteiger partial charge in [-0.3, -0.25) is 10.3 Å². The average molecular weight is 245 g/mol. The molecule has 1 aromatic carbocycles. The lowest BCUT2D eigenvalue weighted by Gasteiger charge is -2.16. The number of hydrogen-bond donors (Lipinski definition) is 1. The van der Waals surface area contributed by atoms with Gasteiger partial charge < -0.3 is 4.74 Å². The molecule has 1 N–H and O–H groups in total. The highest BCUT2D eigenvalue weighted by atomic mass is 16.6. The fraction of sp³-hybridized carbons (Fsp3) is 0.333. The third-order valence-corrected chi connectivity index (χ3v) is 2.92. The van der Waals surface area contributed by atoms with E-state index in [0.29, 0.717) is 6.61 Å². The van der Waals surface area contributed by atoms with E-state index in [1.54, 1.807) is 7.11 Å². The van der Waals surface area contributed by atoms with Crippen molar-refractivity contribution in [2.24, 2.45) is 0 Å². The number of rotatable bonds is 5. The molecule has 0 unspecified atom stereocenters. The van der Waals surface area contributed by atoms with E-state index < -0.39 is 0 Å². The molecule has 3 nitrogen and oxygen atoms in total. The van der Waals surface area contributed by atoms with E-state index in [1.807, 2.05) is 18.2 Å². The minimum Gasteiger partial charge on any atom is -0.489 e. The van der Waals surface area contributed by atoms with E-state index in [1.165, 1.54) is 11.1 Å². The molecule has 0 atom stereocenters. The van der Waals surface area contributed by atoms with Crippen molar-refractivity contribution in [2.75, 3.05) is 13.7 Å². The van der Waals surface area contributed by atoms with E-state index in [0.717, 1.165) is 24.3 Å². The summed E-state index contributed by atoms with van der Waals surface area (Å²) in [5.74, 6) is 0.953. The molecule has 1 aliphatic carbocycles. The van der Waals surface area contributed by atoms with Gasteiger partial charge in [-0.25, -0.2) is 0 Å². The summed E-state index contributed by atoms with van der Waals surface area (Å²) in [5.41, 5.74) is 6.30.